The molecule has 0 fully saturated rings. The maximum absolute atomic E-state index is 8.82. The molecule has 0 N–H and O–H groups in total. The van der Waals surface area contributed by atoms with Gasteiger partial charge in [-0.3, -0.25) is 9.88 Å². The van der Waals surface area contributed by atoms with Gasteiger partial charge in [0.05, 0.1) is 11.3 Å². The smallest absolute Gasteiger partial charge is 0.101 e. The summed E-state index contributed by atoms with van der Waals surface area (Å²) in [6, 6.07) is 5.89. The van der Waals surface area contributed by atoms with E-state index in [0.29, 0.717) is 5.56 Å². The van der Waals surface area contributed by atoms with Crippen LogP contribution >= 0.6 is 0 Å². The van der Waals surface area contributed by atoms with Gasteiger partial charge in [-0.25, -0.2) is 0 Å². The van der Waals surface area contributed by atoms with E-state index in [1.54, 1.807) is 6.20 Å². The summed E-state index contributed by atoms with van der Waals surface area (Å²) >= 11 is 0. The lowest BCUT2D eigenvalue weighted by molar-refractivity contribution is 0.329. The number of nitriles is 1. The van der Waals surface area contributed by atoms with Gasteiger partial charge in [0.1, 0.15) is 6.07 Å². The molecule has 3 nitrogen and oxygen atoms in total. The molecule has 2 heterocycles. The van der Waals surface area contributed by atoms with Gasteiger partial charge in [0.15, 0.2) is 0 Å². The molecule has 1 aliphatic rings. The van der Waals surface area contributed by atoms with Crippen molar-refractivity contribution in [1.82, 2.24) is 9.88 Å². The van der Waals surface area contributed by atoms with Gasteiger partial charge in [-0.2, -0.15) is 5.26 Å². The quantitative estimate of drug-likeness (QED) is 0.772. The van der Waals surface area contributed by atoms with Gasteiger partial charge in [-0.1, -0.05) is 31.2 Å². The van der Waals surface area contributed by atoms with Crippen molar-refractivity contribution in [3.05, 3.63) is 59.5 Å². The zero-order valence-corrected chi connectivity index (χ0v) is 13.4. The first kappa shape index (κ1) is 16.2. The lowest BCUT2D eigenvalue weighted by Gasteiger charge is -2.26. The van der Waals surface area contributed by atoms with Crippen LogP contribution in [0.25, 0.3) is 5.57 Å². The van der Waals surface area contributed by atoms with Gasteiger partial charge >= 0.3 is 0 Å². The molecule has 0 aliphatic carbocycles. The number of aromatic nitrogens is 1. The fourth-order valence-corrected chi connectivity index (χ4v) is 2.66. The number of hydrogen-bond acceptors (Lipinski definition) is 3. The maximum Gasteiger partial charge on any atom is 0.101 e. The molecule has 0 aromatic carbocycles. The van der Waals surface area contributed by atoms with Crippen LogP contribution < -0.4 is 0 Å². The lowest BCUT2D eigenvalue weighted by Crippen LogP contribution is -2.30. The Morgan fingerprint density at radius 1 is 1.45 bits per heavy atom. The summed E-state index contributed by atoms with van der Waals surface area (Å²) in [5.41, 5.74) is 4.28. The van der Waals surface area contributed by atoms with Crippen LogP contribution in [0.15, 0.2) is 48.2 Å². The third kappa shape index (κ3) is 4.41. The van der Waals surface area contributed by atoms with E-state index < -0.39 is 0 Å². The van der Waals surface area contributed by atoms with Crippen LogP contribution in [0, 0.1) is 11.3 Å². The second-order valence-corrected chi connectivity index (χ2v) is 5.45. The van der Waals surface area contributed by atoms with E-state index >= 15 is 0 Å². The fourth-order valence-electron chi connectivity index (χ4n) is 2.66. The first-order chi connectivity index (χ1) is 10.8. The van der Waals surface area contributed by atoms with Crippen molar-refractivity contribution in [2.24, 2.45) is 0 Å². The van der Waals surface area contributed by atoms with Crippen LogP contribution in [0.2, 0.25) is 0 Å². The molecule has 0 saturated heterocycles. The Hall–Kier alpha value is -2.18. The Bertz CT molecular complexity index is 615. The molecule has 3 heteroatoms. The molecule has 0 amide bonds. The summed E-state index contributed by atoms with van der Waals surface area (Å²) in [5, 5.41) is 8.82. The number of hydrogen-bond donors (Lipinski definition) is 0. The third-order valence-corrected chi connectivity index (χ3v) is 3.77. The van der Waals surface area contributed by atoms with Crippen molar-refractivity contribution >= 4 is 5.57 Å². The SMILES string of the molecule is C/C=C\C(=C/CC)CN1CC=C(c2ccc(C#N)cn2)CC1. The molecule has 22 heavy (non-hydrogen) atoms. The van der Waals surface area contributed by atoms with Crippen LogP contribution in [0.5, 0.6) is 0 Å². The molecule has 114 valence electrons. The summed E-state index contributed by atoms with van der Waals surface area (Å²) < 4.78 is 0. The van der Waals surface area contributed by atoms with E-state index in [1.165, 1.54) is 11.1 Å². The standard InChI is InChI=1S/C19H23N3/c1-3-5-16(6-4-2)15-22-11-9-18(10-12-22)19-8-7-17(13-20)14-21-19/h3,5-9,14H,4,10-12,15H2,1-2H3/b5-3-,16-6+. The van der Waals surface area contributed by atoms with E-state index in [4.69, 9.17) is 5.26 Å². The van der Waals surface area contributed by atoms with Crippen molar-refractivity contribution in [1.29, 1.82) is 5.26 Å². The van der Waals surface area contributed by atoms with Gasteiger partial charge in [-0.15, -0.1) is 0 Å². The number of rotatable bonds is 5. The van der Waals surface area contributed by atoms with Gasteiger partial charge in [0, 0.05) is 25.8 Å². The third-order valence-electron chi connectivity index (χ3n) is 3.77. The van der Waals surface area contributed by atoms with Crippen molar-refractivity contribution in [3.63, 3.8) is 0 Å². The van der Waals surface area contributed by atoms with Crippen LogP contribution in [0.3, 0.4) is 0 Å². The highest BCUT2D eigenvalue weighted by molar-refractivity contribution is 5.64. The zero-order valence-electron chi connectivity index (χ0n) is 13.4. The van der Waals surface area contributed by atoms with Gasteiger partial charge in [0.25, 0.3) is 0 Å². The van der Waals surface area contributed by atoms with Gasteiger partial charge in [-0.05, 0) is 43.0 Å². The Balaban J connectivity index is 1.99. The second kappa shape index (κ2) is 8.31. The van der Waals surface area contributed by atoms with Gasteiger partial charge < -0.3 is 0 Å². The molecule has 0 spiro atoms. The Kier molecular flexibility index (Phi) is 6.12. The molecule has 0 atom stereocenters. The second-order valence-electron chi connectivity index (χ2n) is 5.45. The predicted octanol–water partition coefficient (Wildman–Crippen LogP) is 3.95. The van der Waals surface area contributed by atoms with Crippen molar-refractivity contribution in [2.75, 3.05) is 19.6 Å². The van der Waals surface area contributed by atoms with E-state index in [2.05, 4.69) is 54.1 Å². The van der Waals surface area contributed by atoms with Crippen LogP contribution in [0.4, 0.5) is 0 Å². The molecule has 1 aromatic rings. The molecule has 2 rings (SSSR count). The topological polar surface area (TPSA) is 39.9 Å². The Morgan fingerprint density at radius 3 is 2.86 bits per heavy atom. The largest absolute Gasteiger partial charge is 0.295 e. The number of allylic oxidation sites excluding steroid dienone is 2. The van der Waals surface area contributed by atoms with E-state index in [0.717, 1.165) is 38.2 Å². The van der Waals surface area contributed by atoms with Crippen molar-refractivity contribution in [2.45, 2.75) is 26.7 Å². The first-order valence-corrected chi connectivity index (χ1v) is 7.86. The van der Waals surface area contributed by atoms with E-state index in [1.807, 2.05) is 12.1 Å². The summed E-state index contributed by atoms with van der Waals surface area (Å²) in [5.74, 6) is 0. The molecule has 0 bridgehead atoms. The Labute approximate surface area is 133 Å². The van der Waals surface area contributed by atoms with E-state index in [-0.39, 0.29) is 0 Å². The summed E-state index contributed by atoms with van der Waals surface area (Å²) in [6.07, 6.45) is 12.6. The van der Waals surface area contributed by atoms with Crippen LogP contribution in [-0.2, 0) is 0 Å². The molecular weight excluding hydrogens is 270 g/mol. The highest BCUT2D eigenvalue weighted by Gasteiger charge is 2.14. The van der Waals surface area contributed by atoms with E-state index in [9.17, 15) is 0 Å². The average Bonchev–Trinajstić information content (AvgIpc) is 2.56. The molecular formula is C19H23N3. The molecule has 1 aliphatic heterocycles. The molecule has 1 aromatic heterocycles. The normalized spacial score (nSPS) is 16.6. The number of pyridine rings is 1. The first-order valence-electron chi connectivity index (χ1n) is 7.86. The summed E-state index contributed by atoms with van der Waals surface area (Å²) in [4.78, 5) is 6.84. The Morgan fingerprint density at radius 2 is 2.32 bits per heavy atom. The predicted molar refractivity (Wildman–Crippen MR) is 91.2 cm³/mol. The lowest BCUT2D eigenvalue weighted by atomic mass is 10.0. The monoisotopic (exact) mass is 293 g/mol. The maximum atomic E-state index is 8.82. The molecule has 0 radical (unpaired) electrons. The average molecular weight is 293 g/mol. The van der Waals surface area contributed by atoms with Crippen molar-refractivity contribution < 1.29 is 0 Å². The fraction of sp³-hybridized carbons (Fsp3) is 0.368. The summed E-state index contributed by atoms with van der Waals surface area (Å²) in [7, 11) is 0. The minimum atomic E-state index is 0.613. The number of nitrogens with zero attached hydrogens (tertiary/aromatic N) is 3. The van der Waals surface area contributed by atoms with Crippen LogP contribution in [0.1, 0.15) is 37.9 Å². The van der Waals surface area contributed by atoms with Gasteiger partial charge in [0.2, 0.25) is 0 Å². The summed E-state index contributed by atoms with van der Waals surface area (Å²) in [6.45, 7) is 7.24. The molecule has 0 unspecified atom stereocenters. The zero-order chi connectivity index (χ0) is 15.8. The minimum absolute atomic E-state index is 0.613. The minimum Gasteiger partial charge on any atom is -0.295 e. The van der Waals surface area contributed by atoms with Crippen molar-refractivity contribution in [3.8, 4) is 6.07 Å². The molecule has 0 saturated carbocycles. The highest BCUT2D eigenvalue weighted by atomic mass is 15.1. The van der Waals surface area contributed by atoms with Crippen LogP contribution in [-0.4, -0.2) is 29.5 Å². The highest BCUT2D eigenvalue weighted by Crippen LogP contribution is 2.21.